The minimum Gasteiger partial charge on any atom is -0.368 e. The Bertz CT molecular complexity index is 338. The van der Waals surface area contributed by atoms with Crippen molar-refractivity contribution >= 4 is 29.3 Å². The fourth-order valence-electron chi connectivity index (χ4n) is 1.48. The first-order valence-corrected chi connectivity index (χ1v) is 5.89. The largest absolute Gasteiger partial charge is 0.368 e. The van der Waals surface area contributed by atoms with E-state index in [1.807, 2.05) is 17.8 Å². The van der Waals surface area contributed by atoms with Gasteiger partial charge in [0.2, 0.25) is 5.95 Å². The van der Waals surface area contributed by atoms with Crippen molar-refractivity contribution in [3.8, 4) is 0 Å². The Kier molecular flexibility index (Phi) is 3.12. The zero-order valence-corrected chi connectivity index (χ0v) is 9.13. The minimum absolute atomic E-state index is 0.249. The number of hydrogen-bond acceptors (Lipinski definition) is 7. The Hall–Kier alpha value is -1.21. The summed E-state index contributed by atoms with van der Waals surface area (Å²) in [5.41, 5.74) is 8.08. The summed E-state index contributed by atoms with van der Waals surface area (Å²) in [5.74, 6) is 9.18. The average Bonchev–Trinajstić information content (AvgIpc) is 2.29. The molecule has 15 heavy (non-hydrogen) atoms. The molecule has 0 radical (unpaired) electrons. The second kappa shape index (κ2) is 4.54. The van der Waals surface area contributed by atoms with Crippen LogP contribution in [0.25, 0.3) is 0 Å². The lowest BCUT2D eigenvalue weighted by molar-refractivity contribution is 0.837. The lowest BCUT2D eigenvalue weighted by Gasteiger charge is -2.27. The first-order valence-electron chi connectivity index (χ1n) is 4.73. The van der Waals surface area contributed by atoms with Crippen molar-refractivity contribution in [3.05, 3.63) is 6.07 Å². The third-order valence-electron chi connectivity index (χ3n) is 2.21. The van der Waals surface area contributed by atoms with Crippen molar-refractivity contribution in [1.29, 1.82) is 0 Å². The van der Waals surface area contributed by atoms with Crippen LogP contribution in [0.4, 0.5) is 17.6 Å². The van der Waals surface area contributed by atoms with Gasteiger partial charge in [0.05, 0.1) is 0 Å². The molecule has 6 nitrogen and oxygen atoms in total. The minimum atomic E-state index is 0.249. The zero-order chi connectivity index (χ0) is 10.7. The summed E-state index contributed by atoms with van der Waals surface area (Å²) in [5, 5.41) is 0. The van der Waals surface area contributed by atoms with Gasteiger partial charge in [0.25, 0.3) is 0 Å². The molecule has 1 aromatic rings. The van der Waals surface area contributed by atoms with Gasteiger partial charge in [-0.2, -0.15) is 21.7 Å². The van der Waals surface area contributed by atoms with Crippen molar-refractivity contribution in [2.45, 2.75) is 0 Å². The number of nitrogen functional groups attached to an aromatic ring is 2. The highest BCUT2D eigenvalue weighted by atomic mass is 32.2. The van der Waals surface area contributed by atoms with Gasteiger partial charge in [-0.1, -0.05) is 0 Å². The molecule has 0 saturated carbocycles. The van der Waals surface area contributed by atoms with Gasteiger partial charge < -0.3 is 16.1 Å². The third-order valence-corrected chi connectivity index (χ3v) is 3.16. The lowest BCUT2D eigenvalue weighted by atomic mass is 10.4. The number of hydrogen-bond donors (Lipinski definition) is 3. The highest BCUT2D eigenvalue weighted by Gasteiger charge is 2.13. The summed E-state index contributed by atoms with van der Waals surface area (Å²) in [7, 11) is 0. The van der Waals surface area contributed by atoms with Crippen LogP contribution in [0.1, 0.15) is 0 Å². The predicted molar refractivity (Wildman–Crippen MR) is 63.8 cm³/mol. The molecule has 0 aliphatic carbocycles. The SMILES string of the molecule is NNc1cc(N2CCSCC2)nc(N)n1. The molecule has 0 spiro atoms. The standard InChI is InChI=1S/C8H14N6S/c9-8-11-6(13-10)5-7(12-8)14-1-3-15-4-2-14/h5H,1-4,10H2,(H3,9,11,12,13). The fourth-order valence-corrected chi connectivity index (χ4v) is 2.38. The van der Waals surface area contributed by atoms with Crippen LogP contribution in [0.2, 0.25) is 0 Å². The van der Waals surface area contributed by atoms with E-state index in [9.17, 15) is 0 Å². The van der Waals surface area contributed by atoms with Crippen molar-refractivity contribution in [1.82, 2.24) is 9.97 Å². The number of aromatic nitrogens is 2. The number of anilines is 3. The number of nitrogens with zero attached hydrogens (tertiary/aromatic N) is 3. The number of rotatable bonds is 2. The van der Waals surface area contributed by atoms with Crippen LogP contribution >= 0.6 is 11.8 Å². The summed E-state index contributed by atoms with van der Waals surface area (Å²) < 4.78 is 0. The number of nitrogens with one attached hydrogen (secondary N) is 1. The molecule has 82 valence electrons. The number of hydrazine groups is 1. The molecule has 1 aliphatic rings. The smallest absolute Gasteiger partial charge is 0.223 e. The second-order valence-electron chi connectivity index (χ2n) is 3.21. The van der Waals surface area contributed by atoms with Crippen LogP contribution in [0.15, 0.2) is 6.07 Å². The molecule has 0 unspecified atom stereocenters. The Labute approximate surface area is 92.4 Å². The van der Waals surface area contributed by atoms with Gasteiger partial charge in [-0.15, -0.1) is 0 Å². The Balaban J connectivity index is 2.22. The summed E-state index contributed by atoms with van der Waals surface area (Å²) in [6.45, 7) is 1.98. The zero-order valence-electron chi connectivity index (χ0n) is 8.31. The molecule has 0 aromatic carbocycles. The average molecular weight is 226 g/mol. The summed E-state index contributed by atoms with van der Waals surface area (Å²) >= 11 is 1.95. The van der Waals surface area contributed by atoms with Crippen molar-refractivity contribution < 1.29 is 0 Å². The number of thioether (sulfide) groups is 1. The van der Waals surface area contributed by atoms with E-state index >= 15 is 0 Å². The van der Waals surface area contributed by atoms with Crippen LogP contribution in [-0.4, -0.2) is 34.6 Å². The molecule has 1 saturated heterocycles. The normalized spacial score (nSPS) is 16.5. The first-order chi connectivity index (χ1) is 7.29. The molecule has 2 rings (SSSR count). The highest BCUT2D eigenvalue weighted by Crippen LogP contribution is 2.20. The molecule has 5 N–H and O–H groups in total. The van der Waals surface area contributed by atoms with Gasteiger partial charge in [-0.05, 0) is 0 Å². The van der Waals surface area contributed by atoms with Gasteiger partial charge >= 0.3 is 0 Å². The first kappa shape index (κ1) is 10.3. The Morgan fingerprint density at radius 1 is 1.33 bits per heavy atom. The van der Waals surface area contributed by atoms with Crippen LogP contribution in [0.3, 0.4) is 0 Å². The fraction of sp³-hybridized carbons (Fsp3) is 0.500. The van der Waals surface area contributed by atoms with Crippen LogP contribution in [-0.2, 0) is 0 Å². The maximum Gasteiger partial charge on any atom is 0.223 e. The molecule has 0 amide bonds. The van der Waals surface area contributed by atoms with Gasteiger partial charge in [-0.3, -0.25) is 0 Å². The van der Waals surface area contributed by atoms with E-state index in [-0.39, 0.29) is 5.95 Å². The van der Waals surface area contributed by atoms with E-state index in [2.05, 4.69) is 20.3 Å². The Morgan fingerprint density at radius 3 is 2.73 bits per heavy atom. The summed E-state index contributed by atoms with van der Waals surface area (Å²) in [6, 6.07) is 1.81. The number of nitrogens with two attached hydrogens (primary N) is 2. The van der Waals surface area contributed by atoms with Crippen LogP contribution in [0.5, 0.6) is 0 Å². The van der Waals surface area contributed by atoms with Crippen LogP contribution < -0.4 is 21.9 Å². The maximum absolute atomic E-state index is 5.59. The van der Waals surface area contributed by atoms with Crippen molar-refractivity contribution in [2.75, 3.05) is 40.7 Å². The quantitative estimate of drug-likeness (QED) is 0.479. The van der Waals surface area contributed by atoms with Gasteiger partial charge in [0.15, 0.2) is 0 Å². The molecule has 1 aromatic heterocycles. The van der Waals surface area contributed by atoms with Crippen molar-refractivity contribution in [2.24, 2.45) is 5.84 Å². The Morgan fingerprint density at radius 2 is 2.07 bits per heavy atom. The molecule has 2 heterocycles. The van der Waals surface area contributed by atoms with Gasteiger partial charge in [0, 0.05) is 30.7 Å². The summed E-state index contributed by atoms with van der Waals surface area (Å²) in [4.78, 5) is 10.3. The monoisotopic (exact) mass is 226 g/mol. The van der Waals surface area contributed by atoms with E-state index in [4.69, 9.17) is 11.6 Å². The van der Waals surface area contributed by atoms with E-state index < -0.39 is 0 Å². The van der Waals surface area contributed by atoms with E-state index in [1.54, 1.807) is 0 Å². The van der Waals surface area contributed by atoms with Crippen LogP contribution in [0, 0.1) is 0 Å². The molecular weight excluding hydrogens is 212 g/mol. The highest BCUT2D eigenvalue weighted by molar-refractivity contribution is 7.99. The lowest BCUT2D eigenvalue weighted by Crippen LogP contribution is -2.33. The molecule has 7 heteroatoms. The topological polar surface area (TPSA) is 93.1 Å². The molecule has 0 bridgehead atoms. The molecule has 1 fully saturated rings. The molecular formula is C8H14N6S. The van der Waals surface area contributed by atoms with Crippen molar-refractivity contribution in [3.63, 3.8) is 0 Å². The maximum atomic E-state index is 5.59. The predicted octanol–water partition coefficient (Wildman–Crippen LogP) is -0.102. The van der Waals surface area contributed by atoms with Gasteiger partial charge in [0.1, 0.15) is 11.6 Å². The van der Waals surface area contributed by atoms with E-state index in [0.717, 1.165) is 30.4 Å². The van der Waals surface area contributed by atoms with E-state index in [0.29, 0.717) is 5.82 Å². The molecule has 1 aliphatic heterocycles. The summed E-state index contributed by atoms with van der Waals surface area (Å²) in [6.07, 6.45) is 0. The van der Waals surface area contributed by atoms with E-state index in [1.165, 1.54) is 0 Å². The third kappa shape index (κ3) is 2.42. The van der Waals surface area contributed by atoms with Gasteiger partial charge in [-0.25, -0.2) is 5.84 Å². The second-order valence-corrected chi connectivity index (χ2v) is 4.44. The molecule has 0 atom stereocenters.